The molecule has 2 rings (SSSR count). The van der Waals surface area contributed by atoms with Crippen molar-refractivity contribution >= 4 is 0 Å². The molecule has 0 N–H and O–H groups in total. The van der Waals surface area contributed by atoms with Gasteiger partial charge in [-0.2, -0.15) is 0 Å². The predicted molar refractivity (Wildman–Crippen MR) is 75.1 cm³/mol. The van der Waals surface area contributed by atoms with Crippen molar-refractivity contribution in [2.24, 2.45) is 0 Å². The van der Waals surface area contributed by atoms with E-state index >= 15 is 0 Å². The monoisotopic (exact) mass is 222 g/mol. The van der Waals surface area contributed by atoms with E-state index in [0.717, 1.165) is 6.42 Å². The van der Waals surface area contributed by atoms with Crippen molar-refractivity contribution in [2.45, 2.75) is 20.3 Å². The Kier molecular flexibility index (Phi) is 3.43. The van der Waals surface area contributed by atoms with Crippen LogP contribution in [0.15, 0.2) is 60.7 Å². The molecule has 0 fully saturated rings. The van der Waals surface area contributed by atoms with Crippen molar-refractivity contribution in [2.75, 3.05) is 0 Å². The highest BCUT2D eigenvalue weighted by Gasteiger charge is 2.05. The Hall–Kier alpha value is -1.82. The van der Waals surface area contributed by atoms with E-state index in [1.807, 2.05) is 0 Å². The molecule has 0 aliphatic heterocycles. The van der Waals surface area contributed by atoms with Gasteiger partial charge in [-0.1, -0.05) is 60.7 Å². The number of hydrogen-bond acceptors (Lipinski definition) is 0. The lowest BCUT2D eigenvalue weighted by Crippen LogP contribution is -1.93. The second-order valence-electron chi connectivity index (χ2n) is 4.59. The lowest BCUT2D eigenvalue weighted by atomic mass is 9.94. The van der Waals surface area contributed by atoms with Gasteiger partial charge >= 0.3 is 0 Å². The maximum absolute atomic E-state index is 3.99. The molecule has 0 radical (unpaired) electrons. The van der Waals surface area contributed by atoms with Gasteiger partial charge in [0.25, 0.3) is 0 Å². The van der Waals surface area contributed by atoms with Crippen LogP contribution in [0, 0.1) is 6.92 Å². The second kappa shape index (κ2) is 5.01. The van der Waals surface area contributed by atoms with Crippen LogP contribution in [0.5, 0.6) is 0 Å². The maximum Gasteiger partial charge on any atom is -0.00697 e. The van der Waals surface area contributed by atoms with Crippen molar-refractivity contribution in [1.29, 1.82) is 0 Å². The fourth-order valence-electron chi connectivity index (χ4n) is 2.13. The van der Waals surface area contributed by atoms with Crippen LogP contribution in [0.25, 0.3) is 11.1 Å². The minimum absolute atomic E-state index is 0.965. The van der Waals surface area contributed by atoms with E-state index in [9.17, 15) is 0 Å². The standard InChI is InChI=1S/C17H18/c1-13(2)12-16-10-7-11-17(14(16)3)15-8-5-4-6-9-15/h4-11H,1,12H2,2-3H3. The second-order valence-corrected chi connectivity index (χ2v) is 4.59. The van der Waals surface area contributed by atoms with E-state index in [1.165, 1.54) is 27.8 Å². The van der Waals surface area contributed by atoms with Crippen LogP contribution in [0.4, 0.5) is 0 Å². The van der Waals surface area contributed by atoms with Gasteiger partial charge in [0, 0.05) is 0 Å². The highest BCUT2D eigenvalue weighted by molar-refractivity contribution is 5.68. The van der Waals surface area contributed by atoms with Gasteiger partial charge in [-0.15, -0.1) is 0 Å². The molecule has 0 unspecified atom stereocenters. The summed E-state index contributed by atoms with van der Waals surface area (Å²) in [7, 11) is 0. The Morgan fingerprint density at radius 1 is 1.00 bits per heavy atom. The van der Waals surface area contributed by atoms with Gasteiger partial charge in [-0.3, -0.25) is 0 Å². The lowest BCUT2D eigenvalue weighted by Gasteiger charge is -2.11. The molecule has 0 heteroatoms. The largest absolute Gasteiger partial charge is 0.0998 e. The molecule has 0 saturated carbocycles. The number of hydrogen-bond donors (Lipinski definition) is 0. The molecule has 0 nitrogen and oxygen atoms in total. The molecule has 0 aromatic heterocycles. The Labute approximate surface area is 104 Å². The third kappa shape index (κ3) is 2.65. The van der Waals surface area contributed by atoms with Gasteiger partial charge in [0.2, 0.25) is 0 Å². The third-order valence-electron chi connectivity index (χ3n) is 3.02. The molecule has 0 spiro atoms. The molecule has 0 heterocycles. The molecular weight excluding hydrogens is 204 g/mol. The highest BCUT2D eigenvalue weighted by Crippen LogP contribution is 2.26. The summed E-state index contributed by atoms with van der Waals surface area (Å²) in [5.74, 6) is 0. The van der Waals surface area contributed by atoms with Crippen LogP contribution in [-0.2, 0) is 6.42 Å². The Morgan fingerprint density at radius 3 is 2.35 bits per heavy atom. The first-order valence-corrected chi connectivity index (χ1v) is 5.97. The molecular formula is C17H18. The Balaban J connectivity index is 2.46. The van der Waals surface area contributed by atoms with Gasteiger partial charge in [-0.05, 0) is 42.5 Å². The molecule has 86 valence electrons. The number of rotatable bonds is 3. The van der Waals surface area contributed by atoms with Crippen LogP contribution >= 0.6 is 0 Å². The summed E-state index contributed by atoms with van der Waals surface area (Å²) < 4.78 is 0. The number of benzene rings is 2. The van der Waals surface area contributed by atoms with Gasteiger partial charge in [0.15, 0.2) is 0 Å². The van der Waals surface area contributed by atoms with E-state index in [2.05, 4.69) is 69.0 Å². The van der Waals surface area contributed by atoms with Crippen LogP contribution < -0.4 is 0 Å². The van der Waals surface area contributed by atoms with Crippen molar-refractivity contribution in [1.82, 2.24) is 0 Å². The van der Waals surface area contributed by atoms with E-state index in [-0.39, 0.29) is 0 Å². The molecule has 2 aromatic rings. The van der Waals surface area contributed by atoms with E-state index in [4.69, 9.17) is 0 Å². The molecule has 0 atom stereocenters. The zero-order valence-corrected chi connectivity index (χ0v) is 10.5. The summed E-state index contributed by atoms with van der Waals surface area (Å²) in [5.41, 5.74) is 6.55. The quantitative estimate of drug-likeness (QED) is 0.655. The summed E-state index contributed by atoms with van der Waals surface area (Å²) in [6, 6.07) is 17.0. The minimum Gasteiger partial charge on any atom is -0.0998 e. The smallest absolute Gasteiger partial charge is 0.00697 e. The maximum atomic E-state index is 3.99. The molecule has 0 bridgehead atoms. The summed E-state index contributed by atoms with van der Waals surface area (Å²) in [6.07, 6.45) is 0.965. The highest BCUT2D eigenvalue weighted by atomic mass is 14.1. The average Bonchev–Trinajstić information content (AvgIpc) is 2.32. The summed E-state index contributed by atoms with van der Waals surface area (Å²) in [4.78, 5) is 0. The molecule has 17 heavy (non-hydrogen) atoms. The summed E-state index contributed by atoms with van der Waals surface area (Å²) >= 11 is 0. The van der Waals surface area contributed by atoms with Crippen LogP contribution in [0.3, 0.4) is 0 Å². The molecule has 0 aliphatic rings. The number of allylic oxidation sites excluding steroid dienone is 1. The molecule has 0 amide bonds. The average molecular weight is 222 g/mol. The fraction of sp³-hybridized carbons (Fsp3) is 0.176. The minimum atomic E-state index is 0.965. The SMILES string of the molecule is C=C(C)Cc1cccc(-c2ccccc2)c1C. The van der Waals surface area contributed by atoms with Crippen LogP contribution in [0.2, 0.25) is 0 Å². The lowest BCUT2D eigenvalue weighted by molar-refractivity contribution is 1.13. The third-order valence-corrected chi connectivity index (χ3v) is 3.02. The molecule has 0 saturated heterocycles. The normalized spacial score (nSPS) is 10.2. The molecule has 2 aromatic carbocycles. The van der Waals surface area contributed by atoms with Crippen molar-refractivity contribution < 1.29 is 0 Å². The van der Waals surface area contributed by atoms with Crippen molar-refractivity contribution in [3.05, 3.63) is 71.8 Å². The zero-order chi connectivity index (χ0) is 12.3. The van der Waals surface area contributed by atoms with E-state index < -0.39 is 0 Å². The first-order chi connectivity index (χ1) is 8.18. The zero-order valence-electron chi connectivity index (χ0n) is 10.5. The van der Waals surface area contributed by atoms with E-state index in [1.54, 1.807) is 0 Å². The fourth-order valence-corrected chi connectivity index (χ4v) is 2.13. The van der Waals surface area contributed by atoms with Crippen LogP contribution in [0.1, 0.15) is 18.1 Å². The van der Waals surface area contributed by atoms with Crippen molar-refractivity contribution in [3.8, 4) is 11.1 Å². The summed E-state index contributed by atoms with van der Waals surface area (Å²) in [5, 5.41) is 0. The van der Waals surface area contributed by atoms with Gasteiger partial charge < -0.3 is 0 Å². The topological polar surface area (TPSA) is 0 Å². The summed E-state index contributed by atoms with van der Waals surface area (Å²) in [6.45, 7) is 8.27. The van der Waals surface area contributed by atoms with Crippen molar-refractivity contribution in [3.63, 3.8) is 0 Å². The Morgan fingerprint density at radius 2 is 1.71 bits per heavy atom. The first kappa shape index (κ1) is 11.7. The van der Waals surface area contributed by atoms with Gasteiger partial charge in [0.1, 0.15) is 0 Å². The first-order valence-electron chi connectivity index (χ1n) is 5.97. The van der Waals surface area contributed by atoms with Gasteiger partial charge in [0.05, 0.1) is 0 Å². The van der Waals surface area contributed by atoms with Gasteiger partial charge in [-0.25, -0.2) is 0 Å². The molecule has 0 aliphatic carbocycles. The van der Waals surface area contributed by atoms with Crippen LogP contribution in [-0.4, -0.2) is 0 Å². The Bertz CT molecular complexity index is 521. The predicted octanol–water partition coefficient (Wildman–Crippen LogP) is 4.78. The van der Waals surface area contributed by atoms with E-state index in [0.29, 0.717) is 0 Å².